The van der Waals surface area contributed by atoms with Crippen LogP contribution in [0.3, 0.4) is 0 Å². The van der Waals surface area contributed by atoms with Gasteiger partial charge in [-0.2, -0.15) is 0 Å². The van der Waals surface area contributed by atoms with Crippen molar-refractivity contribution in [3.63, 3.8) is 0 Å². The Bertz CT molecular complexity index is 362. The molecule has 0 heterocycles. The van der Waals surface area contributed by atoms with Crippen LogP contribution in [0.1, 0.15) is 25.3 Å². The molecule has 4 heteroatoms. The summed E-state index contributed by atoms with van der Waals surface area (Å²) >= 11 is 0. The van der Waals surface area contributed by atoms with Gasteiger partial charge in [0.15, 0.2) is 6.10 Å². The zero-order valence-electron chi connectivity index (χ0n) is 11.0. The Labute approximate surface area is 108 Å². The third-order valence-corrected chi connectivity index (χ3v) is 2.59. The van der Waals surface area contributed by atoms with E-state index in [4.69, 9.17) is 9.84 Å². The van der Waals surface area contributed by atoms with Crippen molar-refractivity contribution < 1.29 is 14.6 Å². The number of ether oxygens (including phenoxy) is 1. The third-order valence-electron chi connectivity index (χ3n) is 2.59. The molecule has 100 valence electrons. The summed E-state index contributed by atoms with van der Waals surface area (Å²) in [7, 11) is 0. The minimum absolute atomic E-state index is 0.131. The lowest BCUT2D eigenvalue weighted by Gasteiger charge is -2.14. The lowest BCUT2D eigenvalue weighted by Crippen LogP contribution is -2.36. The second-order valence-corrected chi connectivity index (χ2v) is 4.29. The molecule has 0 aliphatic carbocycles. The molecule has 18 heavy (non-hydrogen) atoms. The van der Waals surface area contributed by atoms with Crippen molar-refractivity contribution >= 4 is 5.91 Å². The summed E-state index contributed by atoms with van der Waals surface area (Å²) in [6, 6.07) is 7.60. The second kappa shape index (κ2) is 7.71. The van der Waals surface area contributed by atoms with Gasteiger partial charge in [0.05, 0.1) is 0 Å². The summed E-state index contributed by atoms with van der Waals surface area (Å²) in [5.41, 5.74) is 1.16. The van der Waals surface area contributed by atoms with Crippen LogP contribution in [0, 0.1) is 6.92 Å². The Morgan fingerprint density at radius 2 is 2.00 bits per heavy atom. The normalized spacial score (nSPS) is 11.9. The van der Waals surface area contributed by atoms with Gasteiger partial charge in [-0.3, -0.25) is 4.79 Å². The Hall–Kier alpha value is -1.55. The van der Waals surface area contributed by atoms with E-state index in [1.807, 2.05) is 31.2 Å². The number of aryl methyl sites for hydroxylation is 1. The van der Waals surface area contributed by atoms with E-state index >= 15 is 0 Å². The molecule has 0 aromatic heterocycles. The van der Waals surface area contributed by atoms with Crippen LogP contribution in [0.15, 0.2) is 24.3 Å². The van der Waals surface area contributed by atoms with E-state index < -0.39 is 6.10 Å². The van der Waals surface area contributed by atoms with Gasteiger partial charge >= 0.3 is 0 Å². The molecule has 1 amide bonds. The van der Waals surface area contributed by atoms with Crippen LogP contribution in [-0.4, -0.2) is 30.3 Å². The lowest BCUT2D eigenvalue weighted by molar-refractivity contribution is -0.127. The van der Waals surface area contributed by atoms with Crippen molar-refractivity contribution in [3.05, 3.63) is 29.8 Å². The molecule has 4 nitrogen and oxygen atoms in total. The van der Waals surface area contributed by atoms with Crippen molar-refractivity contribution in [2.45, 2.75) is 32.8 Å². The van der Waals surface area contributed by atoms with Crippen molar-refractivity contribution in [1.82, 2.24) is 5.32 Å². The Balaban J connectivity index is 2.33. The van der Waals surface area contributed by atoms with Gasteiger partial charge in [0.2, 0.25) is 0 Å². The van der Waals surface area contributed by atoms with E-state index in [1.165, 1.54) is 0 Å². The molecule has 0 fully saturated rings. The van der Waals surface area contributed by atoms with Gasteiger partial charge in [-0.05, 0) is 38.8 Å². The number of carbonyl (C=O) groups is 1. The highest BCUT2D eigenvalue weighted by atomic mass is 16.5. The van der Waals surface area contributed by atoms with Crippen molar-refractivity contribution in [2.24, 2.45) is 0 Å². The zero-order chi connectivity index (χ0) is 13.4. The summed E-state index contributed by atoms with van der Waals surface area (Å²) in [6.45, 7) is 4.45. The van der Waals surface area contributed by atoms with Crippen LogP contribution in [0.4, 0.5) is 0 Å². The fraction of sp³-hybridized carbons (Fsp3) is 0.500. The Morgan fingerprint density at radius 3 is 2.61 bits per heavy atom. The van der Waals surface area contributed by atoms with Gasteiger partial charge in [0, 0.05) is 13.2 Å². The van der Waals surface area contributed by atoms with Crippen LogP contribution in [0.5, 0.6) is 5.75 Å². The highest BCUT2D eigenvalue weighted by Crippen LogP contribution is 2.13. The van der Waals surface area contributed by atoms with Gasteiger partial charge < -0.3 is 15.2 Å². The second-order valence-electron chi connectivity index (χ2n) is 4.29. The molecule has 1 aromatic carbocycles. The van der Waals surface area contributed by atoms with Gasteiger partial charge in [0.1, 0.15) is 5.75 Å². The maximum Gasteiger partial charge on any atom is 0.260 e. The fourth-order valence-corrected chi connectivity index (χ4v) is 1.47. The maximum absolute atomic E-state index is 11.7. The summed E-state index contributed by atoms with van der Waals surface area (Å²) in [5, 5.41) is 11.4. The molecule has 0 bridgehead atoms. The number of nitrogens with one attached hydrogen (secondary N) is 1. The first-order valence-corrected chi connectivity index (χ1v) is 6.25. The quantitative estimate of drug-likeness (QED) is 0.724. The molecule has 0 aliphatic rings. The topological polar surface area (TPSA) is 58.6 Å². The molecule has 0 saturated heterocycles. The Kier molecular flexibility index (Phi) is 6.22. The predicted octanol–water partition coefficient (Wildman–Crippen LogP) is 1.65. The number of rotatable bonds is 7. The number of hydrogen-bond acceptors (Lipinski definition) is 3. The predicted molar refractivity (Wildman–Crippen MR) is 70.6 cm³/mol. The van der Waals surface area contributed by atoms with Gasteiger partial charge in [-0.1, -0.05) is 17.7 Å². The Morgan fingerprint density at radius 1 is 1.33 bits per heavy atom. The summed E-state index contributed by atoms with van der Waals surface area (Å²) < 4.78 is 5.53. The van der Waals surface area contributed by atoms with E-state index in [9.17, 15) is 4.79 Å². The van der Waals surface area contributed by atoms with E-state index in [2.05, 4.69) is 5.32 Å². The fourth-order valence-electron chi connectivity index (χ4n) is 1.47. The van der Waals surface area contributed by atoms with Gasteiger partial charge in [0.25, 0.3) is 5.91 Å². The molecular formula is C14H21NO3. The van der Waals surface area contributed by atoms with Gasteiger partial charge in [-0.15, -0.1) is 0 Å². The smallest absolute Gasteiger partial charge is 0.260 e. The van der Waals surface area contributed by atoms with Crippen molar-refractivity contribution in [3.8, 4) is 5.75 Å². The summed E-state index contributed by atoms with van der Waals surface area (Å²) in [4.78, 5) is 11.7. The van der Waals surface area contributed by atoms with Crippen LogP contribution in [-0.2, 0) is 4.79 Å². The highest BCUT2D eigenvalue weighted by molar-refractivity contribution is 5.80. The first kappa shape index (κ1) is 14.5. The molecule has 1 atom stereocenters. The number of hydrogen-bond donors (Lipinski definition) is 2. The first-order valence-electron chi connectivity index (χ1n) is 6.25. The largest absolute Gasteiger partial charge is 0.481 e. The lowest BCUT2D eigenvalue weighted by atomic mass is 10.2. The molecule has 0 spiro atoms. The number of unbranched alkanes of at least 4 members (excludes halogenated alkanes) is 1. The average molecular weight is 251 g/mol. The van der Waals surface area contributed by atoms with Crippen LogP contribution in [0.2, 0.25) is 0 Å². The summed E-state index contributed by atoms with van der Waals surface area (Å²) in [5.74, 6) is 0.562. The third kappa shape index (κ3) is 5.19. The number of carbonyl (C=O) groups excluding carboxylic acids is 1. The number of aliphatic hydroxyl groups is 1. The number of benzene rings is 1. The molecular weight excluding hydrogens is 230 g/mol. The van der Waals surface area contributed by atoms with Gasteiger partial charge in [-0.25, -0.2) is 0 Å². The monoisotopic (exact) mass is 251 g/mol. The molecule has 1 unspecified atom stereocenters. The molecule has 1 rings (SSSR count). The SMILES string of the molecule is Cc1ccc(OC(C)C(=O)NCCCCO)cc1. The number of aliphatic hydroxyl groups excluding tert-OH is 1. The maximum atomic E-state index is 11.7. The van der Waals surface area contributed by atoms with E-state index in [0.717, 1.165) is 12.0 Å². The standard InChI is InChI=1S/C14H21NO3/c1-11-5-7-13(8-6-11)18-12(2)14(17)15-9-3-4-10-16/h5-8,12,16H,3-4,9-10H2,1-2H3,(H,15,17). The number of amides is 1. The van der Waals surface area contributed by atoms with Crippen molar-refractivity contribution in [1.29, 1.82) is 0 Å². The molecule has 0 saturated carbocycles. The van der Waals surface area contributed by atoms with Crippen LogP contribution in [0.25, 0.3) is 0 Å². The zero-order valence-corrected chi connectivity index (χ0v) is 11.0. The minimum Gasteiger partial charge on any atom is -0.481 e. The molecule has 2 N–H and O–H groups in total. The minimum atomic E-state index is -0.512. The average Bonchev–Trinajstić information content (AvgIpc) is 2.37. The molecule has 0 aliphatic heterocycles. The highest BCUT2D eigenvalue weighted by Gasteiger charge is 2.13. The van der Waals surface area contributed by atoms with E-state index in [-0.39, 0.29) is 12.5 Å². The van der Waals surface area contributed by atoms with Crippen LogP contribution >= 0.6 is 0 Å². The van der Waals surface area contributed by atoms with E-state index in [0.29, 0.717) is 18.7 Å². The first-order chi connectivity index (χ1) is 8.63. The molecule has 0 radical (unpaired) electrons. The van der Waals surface area contributed by atoms with Crippen molar-refractivity contribution in [2.75, 3.05) is 13.2 Å². The summed E-state index contributed by atoms with van der Waals surface area (Å²) in [6.07, 6.45) is 0.967. The molecule has 1 aromatic rings. The van der Waals surface area contributed by atoms with Crippen LogP contribution < -0.4 is 10.1 Å². The van der Waals surface area contributed by atoms with E-state index in [1.54, 1.807) is 6.92 Å².